The summed E-state index contributed by atoms with van der Waals surface area (Å²) in [6.45, 7) is 18.2. The van der Waals surface area contributed by atoms with E-state index in [1.807, 2.05) is 55.4 Å². The Hall–Kier alpha value is -3.29. The summed E-state index contributed by atoms with van der Waals surface area (Å²) in [6.07, 6.45) is 0.834. The molecule has 0 spiro atoms. The van der Waals surface area contributed by atoms with Gasteiger partial charge in [0.1, 0.15) is 34.3 Å². The number of aromatic hydroxyl groups is 2. The van der Waals surface area contributed by atoms with Crippen LogP contribution in [0.3, 0.4) is 0 Å². The fraction of sp³-hybridized carbons (Fsp3) is 0.629. The lowest BCUT2D eigenvalue weighted by atomic mass is 9.67. The molecule has 3 rings (SSSR count). The molecule has 2 aliphatic rings. The number of ketones is 3. The summed E-state index contributed by atoms with van der Waals surface area (Å²) >= 11 is 0. The monoisotopic (exact) mass is 598 g/mol. The zero-order chi connectivity index (χ0) is 32.9. The normalized spacial score (nSPS) is 20.3. The Labute approximate surface area is 255 Å². The van der Waals surface area contributed by atoms with E-state index in [1.165, 1.54) is 7.11 Å². The quantitative estimate of drug-likeness (QED) is 0.211. The van der Waals surface area contributed by atoms with Crippen molar-refractivity contribution in [3.63, 3.8) is 0 Å². The molecule has 2 aliphatic carbocycles. The van der Waals surface area contributed by atoms with E-state index in [0.717, 1.165) is 0 Å². The molecular weight excluding hydrogens is 548 g/mol. The molecule has 43 heavy (non-hydrogen) atoms. The fourth-order valence-corrected chi connectivity index (χ4v) is 6.99. The predicted octanol–water partition coefficient (Wildman–Crippen LogP) is 7.83. The Kier molecular flexibility index (Phi) is 9.55. The van der Waals surface area contributed by atoms with Crippen LogP contribution in [0.1, 0.15) is 128 Å². The third-order valence-electron chi connectivity index (χ3n) is 8.82. The summed E-state index contributed by atoms with van der Waals surface area (Å²) in [6, 6.07) is 0. The highest BCUT2D eigenvalue weighted by Gasteiger charge is 2.45. The topological polar surface area (TPSA) is 141 Å². The number of hydrogen-bond donors (Lipinski definition) is 4. The van der Waals surface area contributed by atoms with Crippen LogP contribution in [0.2, 0.25) is 0 Å². The number of carbonyl (C=O) groups is 3. The van der Waals surface area contributed by atoms with Crippen molar-refractivity contribution < 1.29 is 39.5 Å². The number of aliphatic hydroxyl groups is 2. The van der Waals surface area contributed by atoms with E-state index in [0.29, 0.717) is 0 Å². The van der Waals surface area contributed by atoms with Crippen molar-refractivity contribution in [2.45, 2.75) is 107 Å². The third-order valence-corrected chi connectivity index (χ3v) is 8.82. The summed E-state index contributed by atoms with van der Waals surface area (Å²) in [5, 5.41) is 46.5. The van der Waals surface area contributed by atoms with Gasteiger partial charge in [-0.05, 0) is 22.7 Å². The van der Waals surface area contributed by atoms with Gasteiger partial charge in [0.15, 0.2) is 17.3 Å². The van der Waals surface area contributed by atoms with Crippen molar-refractivity contribution in [2.75, 3.05) is 7.11 Å². The second kappa shape index (κ2) is 12.0. The van der Waals surface area contributed by atoms with Crippen molar-refractivity contribution in [2.24, 2.45) is 28.6 Å². The van der Waals surface area contributed by atoms with E-state index in [9.17, 15) is 34.8 Å². The number of hydrogen-bond acceptors (Lipinski definition) is 8. The maximum atomic E-state index is 13.7. The maximum Gasteiger partial charge on any atom is 0.172 e. The fourth-order valence-electron chi connectivity index (χ4n) is 6.99. The van der Waals surface area contributed by atoms with Crippen LogP contribution in [-0.2, 0) is 9.59 Å². The Morgan fingerprint density at radius 2 is 1.07 bits per heavy atom. The Morgan fingerprint density at radius 1 is 0.674 bits per heavy atom. The minimum absolute atomic E-state index is 0.0706. The Bertz CT molecular complexity index is 1390. The van der Waals surface area contributed by atoms with Crippen LogP contribution in [0, 0.1) is 28.6 Å². The van der Waals surface area contributed by atoms with Gasteiger partial charge in [-0.2, -0.15) is 0 Å². The van der Waals surface area contributed by atoms with Gasteiger partial charge in [0.2, 0.25) is 0 Å². The number of benzene rings is 1. The molecule has 1 aromatic carbocycles. The van der Waals surface area contributed by atoms with Gasteiger partial charge in [-0.15, -0.1) is 0 Å². The van der Waals surface area contributed by atoms with E-state index in [-0.39, 0.29) is 88.3 Å². The number of methoxy groups -OCH3 is 1. The lowest BCUT2D eigenvalue weighted by molar-refractivity contribution is -0.119. The minimum Gasteiger partial charge on any atom is -0.512 e. The molecule has 0 amide bonds. The summed E-state index contributed by atoms with van der Waals surface area (Å²) in [5.74, 6) is -5.45. The molecule has 2 atom stereocenters. The van der Waals surface area contributed by atoms with Crippen LogP contribution in [0.25, 0.3) is 0 Å². The standard InChI is InChI=1S/C35H50O8/c1-16(2)23(25-19(36)12-34(7,8)13-20(25)37)27-31(41)28(33(43-11)29(32(27)42)30(40)18(5)6)24(17(3)4)26-21(38)14-35(9,10)15-22(26)39/h16-18,23-24,36,38,41-42H,12-15H2,1-11H3. The van der Waals surface area contributed by atoms with Crippen molar-refractivity contribution in [1.82, 2.24) is 0 Å². The molecule has 0 saturated carbocycles. The third kappa shape index (κ3) is 6.34. The van der Waals surface area contributed by atoms with Gasteiger partial charge in [0.05, 0.1) is 7.11 Å². The molecule has 0 aromatic heterocycles. The number of carbonyl (C=O) groups excluding carboxylic acids is 3. The number of allylic oxidation sites excluding steroid dienone is 4. The second-order valence-corrected chi connectivity index (χ2v) is 15.0. The summed E-state index contributed by atoms with van der Waals surface area (Å²) in [7, 11) is 1.33. The number of aliphatic hydroxyl groups excluding tert-OH is 2. The molecule has 238 valence electrons. The van der Waals surface area contributed by atoms with Gasteiger partial charge >= 0.3 is 0 Å². The van der Waals surface area contributed by atoms with Crippen LogP contribution < -0.4 is 4.74 Å². The largest absolute Gasteiger partial charge is 0.512 e. The highest BCUT2D eigenvalue weighted by atomic mass is 16.5. The smallest absolute Gasteiger partial charge is 0.172 e. The average Bonchev–Trinajstić information content (AvgIpc) is 2.82. The molecule has 0 radical (unpaired) electrons. The first-order chi connectivity index (χ1) is 19.7. The molecule has 8 heteroatoms. The first-order valence-corrected chi connectivity index (χ1v) is 15.3. The van der Waals surface area contributed by atoms with Crippen molar-refractivity contribution in [3.8, 4) is 17.2 Å². The molecule has 1 aromatic rings. The van der Waals surface area contributed by atoms with Crippen LogP contribution in [0.4, 0.5) is 0 Å². The SMILES string of the molecule is COc1c(C(=O)C(C)C)c(O)c(C(C2=C(O)CC(C)(C)CC2=O)C(C)C)c(O)c1C(C1=C(O)CC(C)(C)CC1=O)C(C)C. The number of phenols is 2. The second-order valence-electron chi connectivity index (χ2n) is 15.0. The molecule has 0 heterocycles. The van der Waals surface area contributed by atoms with E-state index in [4.69, 9.17) is 4.74 Å². The summed E-state index contributed by atoms with van der Waals surface area (Å²) in [4.78, 5) is 40.9. The Morgan fingerprint density at radius 3 is 1.40 bits per heavy atom. The van der Waals surface area contributed by atoms with E-state index in [1.54, 1.807) is 13.8 Å². The van der Waals surface area contributed by atoms with Crippen molar-refractivity contribution in [3.05, 3.63) is 39.4 Å². The van der Waals surface area contributed by atoms with Crippen LogP contribution in [0.15, 0.2) is 22.7 Å². The van der Waals surface area contributed by atoms with Crippen LogP contribution in [-0.4, -0.2) is 44.9 Å². The maximum absolute atomic E-state index is 13.7. The minimum atomic E-state index is -0.969. The molecule has 0 saturated heterocycles. The van der Waals surface area contributed by atoms with Gasteiger partial charge < -0.3 is 25.2 Å². The van der Waals surface area contributed by atoms with Gasteiger partial charge in [-0.25, -0.2) is 0 Å². The molecule has 2 unspecified atom stereocenters. The highest BCUT2D eigenvalue weighted by Crippen LogP contribution is 2.57. The number of ether oxygens (including phenoxy) is 1. The van der Waals surface area contributed by atoms with E-state index in [2.05, 4.69) is 0 Å². The zero-order valence-corrected chi connectivity index (χ0v) is 27.6. The molecular formula is C35H50O8. The Balaban J connectivity index is 2.55. The zero-order valence-electron chi connectivity index (χ0n) is 27.6. The summed E-state index contributed by atoms with van der Waals surface area (Å²) < 4.78 is 5.77. The predicted molar refractivity (Wildman–Crippen MR) is 166 cm³/mol. The van der Waals surface area contributed by atoms with Crippen molar-refractivity contribution >= 4 is 17.3 Å². The average molecular weight is 599 g/mol. The van der Waals surface area contributed by atoms with Crippen molar-refractivity contribution in [1.29, 1.82) is 0 Å². The number of rotatable bonds is 9. The molecule has 4 N–H and O–H groups in total. The molecule has 0 bridgehead atoms. The molecule has 0 fully saturated rings. The number of Topliss-reactive ketones (excluding diaryl/α,β-unsaturated/α-hetero) is 3. The molecule has 8 nitrogen and oxygen atoms in total. The van der Waals surface area contributed by atoms with E-state index >= 15 is 0 Å². The first-order valence-electron chi connectivity index (χ1n) is 15.3. The van der Waals surface area contributed by atoms with Gasteiger partial charge in [-0.1, -0.05) is 69.2 Å². The van der Waals surface area contributed by atoms with Crippen LogP contribution in [0.5, 0.6) is 17.2 Å². The van der Waals surface area contributed by atoms with Gasteiger partial charge in [0.25, 0.3) is 0 Å². The lowest BCUT2D eigenvalue weighted by Crippen LogP contribution is -2.31. The molecule has 0 aliphatic heterocycles. The lowest BCUT2D eigenvalue weighted by Gasteiger charge is -2.37. The number of phenolic OH excluding ortho intramolecular Hbond substituents is 2. The first kappa shape index (κ1) is 34.2. The summed E-state index contributed by atoms with van der Waals surface area (Å²) in [5.41, 5.74) is -0.833. The van der Waals surface area contributed by atoms with Crippen LogP contribution >= 0.6 is 0 Å². The van der Waals surface area contributed by atoms with Gasteiger partial charge in [0, 0.05) is 65.7 Å². The van der Waals surface area contributed by atoms with Gasteiger partial charge in [-0.3, -0.25) is 14.4 Å². The van der Waals surface area contributed by atoms with E-state index < -0.39 is 51.8 Å². The highest BCUT2D eigenvalue weighted by molar-refractivity contribution is 6.05.